The highest BCUT2D eigenvalue weighted by molar-refractivity contribution is 6.33. The molecule has 0 atom stereocenters. The Hall–Kier alpha value is -3.65. The second kappa shape index (κ2) is 9.92. The maximum Gasteiger partial charge on any atom is 0.253 e. The van der Waals surface area contributed by atoms with Gasteiger partial charge in [0.25, 0.3) is 5.91 Å². The molecule has 3 N–H and O–H groups in total. The number of nitrogens with one attached hydrogen (secondary N) is 3. The molecule has 0 saturated carbocycles. The molecule has 0 unspecified atom stereocenters. The van der Waals surface area contributed by atoms with Gasteiger partial charge in [-0.3, -0.25) is 9.59 Å². The van der Waals surface area contributed by atoms with Gasteiger partial charge in [-0.2, -0.15) is 4.98 Å². The van der Waals surface area contributed by atoms with E-state index in [9.17, 15) is 9.59 Å². The molecule has 4 rings (SSSR count). The molecule has 0 aliphatic carbocycles. The third-order valence-corrected chi connectivity index (χ3v) is 6.53. The molecule has 0 fully saturated rings. The number of aromatic nitrogens is 2. The van der Waals surface area contributed by atoms with Gasteiger partial charge in [0.1, 0.15) is 5.02 Å². The van der Waals surface area contributed by atoms with E-state index in [1.807, 2.05) is 30.0 Å². The van der Waals surface area contributed by atoms with Crippen molar-refractivity contribution in [2.24, 2.45) is 0 Å². The lowest BCUT2D eigenvalue weighted by Gasteiger charge is -2.28. The molecule has 2 aromatic carbocycles. The van der Waals surface area contributed by atoms with Gasteiger partial charge in [-0.15, -0.1) is 0 Å². The lowest BCUT2D eigenvalue weighted by Crippen LogP contribution is -2.29. The van der Waals surface area contributed by atoms with Crippen LogP contribution in [0, 0.1) is 0 Å². The van der Waals surface area contributed by atoms with Crippen LogP contribution in [0.25, 0.3) is 0 Å². The van der Waals surface area contributed by atoms with Crippen LogP contribution in [0.3, 0.4) is 0 Å². The number of carbonyl (C=O) groups excluding carboxylic acids is 2. The lowest BCUT2D eigenvalue weighted by atomic mass is 9.80. The molecule has 0 spiro atoms. The first-order valence-electron chi connectivity index (χ1n) is 11.6. The Labute approximate surface area is 210 Å². The summed E-state index contributed by atoms with van der Waals surface area (Å²) in [6, 6.07) is 13.1. The van der Waals surface area contributed by atoms with Gasteiger partial charge in [-0.05, 0) is 54.7 Å². The van der Waals surface area contributed by atoms with Crippen LogP contribution >= 0.6 is 11.6 Å². The summed E-state index contributed by atoms with van der Waals surface area (Å²) in [6.45, 7) is 6.94. The average Bonchev–Trinajstić information content (AvgIpc) is 2.94. The second-order valence-corrected chi connectivity index (χ2v) is 9.43. The Kier molecular flexibility index (Phi) is 6.93. The molecule has 0 radical (unpaired) electrons. The van der Waals surface area contributed by atoms with Crippen molar-refractivity contribution in [2.45, 2.75) is 39.0 Å². The minimum Gasteiger partial charge on any atom is -0.355 e. The number of hydrogen-bond donors (Lipinski definition) is 3. The molecule has 1 aliphatic rings. The molecule has 0 saturated heterocycles. The maximum atomic E-state index is 12.6. The fourth-order valence-electron chi connectivity index (χ4n) is 4.26. The van der Waals surface area contributed by atoms with Crippen LogP contribution < -0.4 is 20.9 Å². The van der Waals surface area contributed by atoms with Crippen LogP contribution in [-0.4, -0.2) is 35.4 Å². The number of anilines is 5. The zero-order chi connectivity index (χ0) is 25.2. The number of fused-ring (bicyclic) bond motifs is 1. The van der Waals surface area contributed by atoms with Gasteiger partial charge in [0, 0.05) is 31.4 Å². The first kappa shape index (κ1) is 24.5. The van der Waals surface area contributed by atoms with Crippen molar-refractivity contribution in [3.8, 4) is 0 Å². The lowest BCUT2D eigenvalue weighted by molar-refractivity contribution is -0.118. The van der Waals surface area contributed by atoms with E-state index in [2.05, 4.69) is 45.8 Å². The van der Waals surface area contributed by atoms with Crippen molar-refractivity contribution in [3.63, 3.8) is 0 Å². The third-order valence-electron chi connectivity index (χ3n) is 6.25. The SMILES string of the molecule is CCN1C(=O)CCC(C)(C)c2cc(Nc3ncc(Cl)c(Nc4ccccc4C(=O)NC)n3)ccc21. The molecule has 1 aliphatic heterocycles. The van der Waals surface area contributed by atoms with Gasteiger partial charge < -0.3 is 20.9 Å². The summed E-state index contributed by atoms with van der Waals surface area (Å²) in [5, 5.41) is 9.35. The van der Waals surface area contributed by atoms with Crippen molar-refractivity contribution < 1.29 is 9.59 Å². The standard InChI is InChI=1S/C26H29ClN6O2/c1-5-33-21-11-10-16(14-18(21)26(2,3)13-12-22(33)34)30-25-29-15-19(27)23(32-25)31-20-9-7-6-8-17(20)24(35)28-4/h6-11,14-15H,5,12-13H2,1-4H3,(H,28,35)(H2,29,30,31,32). The number of para-hydroxylation sites is 1. The summed E-state index contributed by atoms with van der Waals surface area (Å²) in [5.74, 6) is 0.653. The topological polar surface area (TPSA) is 99.3 Å². The predicted octanol–water partition coefficient (Wildman–Crippen LogP) is 5.40. The summed E-state index contributed by atoms with van der Waals surface area (Å²) in [7, 11) is 1.58. The minimum atomic E-state index is -0.219. The Morgan fingerprint density at radius 3 is 2.69 bits per heavy atom. The molecule has 9 heteroatoms. The number of carbonyl (C=O) groups is 2. The van der Waals surface area contributed by atoms with Gasteiger partial charge in [-0.25, -0.2) is 4.98 Å². The number of nitrogens with zero attached hydrogens (tertiary/aromatic N) is 3. The van der Waals surface area contributed by atoms with E-state index in [-0.39, 0.29) is 17.2 Å². The van der Waals surface area contributed by atoms with Crippen molar-refractivity contribution in [1.82, 2.24) is 15.3 Å². The van der Waals surface area contributed by atoms with Gasteiger partial charge in [0.15, 0.2) is 5.82 Å². The summed E-state index contributed by atoms with van der Waals surface area (Å²) in [5.41, 5.74) is 3.74. The highest BCUT2D eigenvalue weighted by Crippen LogP contribution is 2.41. The van der Waals surface area contributed by atoms with Gasteiger partial charge in [-0.1, -0.05) is 37.6 Å². The fraction of sp³-hybridized carbons (Fsp3) is 0.308. The van der Waals surface area contributed by atoms with Crippen LogP contribution in [0.2, 0.25) is 5.02 Å². The smallest absolute Gasteiger partial charge is 0.253 e. The van der Waals surface area contributed by atoms with E-state index in [1.54, 1.807) is 25.2 Å². The molecule has 35 heavy (non-hydrogen) atoms. The predicted molar refractivity (Wildman–Crippen MR) is 140 cm³/mol. The molecular formula is C26H29ClN6O2. The maximum absolute atomic E-state index is 12.6. The van der Waals surface area contributed by atoms with Gasteiger partial charge in [0.05, 0.1) is 17.4 Å². The normalized spacial score (nSPS) is 14.7. The molecule has 2 amide bonds. The van der Waals surface area contributed by atoms with E-state index in [1.165, 1.54) is 6.20 Å². The van der Waals surface area contributed by atoms with Crippen molar-refractivity contribution in [3.05, 3.63) is 64.8 Å². The minimum absolute atomic E-state index is 0.147. The van der Waals surface area contributed by atoms with Crippen molar-refractivity contribution in [1.29, 1.82) is 0 Å². The third kappa shape index (κ3) is 5.07. The molecule has 3 aromatic rings. The van der Waals surface area contributed by atoms with Gasteiger partial charge >= 0.3 is 0 Å². The quantitative estimate of drug-likeness (QED) is 0.426. The van der Waals surface area contributed by atoms with Crippen LogP contribution in [0.5, 0.6) is 0 Å². The Bertz CT molecular complexity index is 1280. The average molecular weight is 493 g/mol. The van der Waals surface area contributed by atoms with Crippen LogP contribution in [0.15, 0.2) is 48.7 Å². The van der Waals surface area contributed by atoms with E-state index >= 15 is 0 Å². The Balaban J connectivity index is 1.64. The molecule has 0 bridgehead atoms. The summed E-state index contributed by atoms with van der Waals surface area (Å²) in [6.07, 6.45) is 2.80. The van der Waals surface area contributed by atoms with Gasteiger partial charge in [0.2, 0.25) is 11.9 Å². The molecular weight excluding hydrogens is 464 g/mol. The number of amides is 2. The summed E-state index contributed by atoms with van der Waals surface area (Å²) in [4.78, 5) is 35.6. The van der Waals surface area contributed by atoms with E-state index in [0.29, 0.717) is 41.0 Å². The number of rotatable bonds is 6. The highest BCUT2D eigenvalue weighted by Gasteiger charge is 2.32. The summed E-state index contributed by atoms with van der Waals surface area (Å²) < 4.78 is 0. The number of halogens is 1. The second-order valence-electron chi connectivity index (χ2n) is 9.02. The highest BCUT2D eigenvalue weighted by atomic mass is 35.5. The number of benzene rings is 2. The Morgan fingerprint density at radius 1 is 1.17 bits per heavy atom. The molecule has 1 aromatic heterocycles. The van der Waals surface area contributed by atoms with Crippen LogP contribution in [-0.2, 0) is 10.2 Å². The Morgan fingerprint density at radius 2 is 1.94 bits per heavy atom. The molecule has 8 nitrogen and oxygen atoms in total. The van der Waals surface area contributed by atoms with Crippen LogP contribution in [0.4, 0.5) is 28.8 Å². The first-order valence-corrected chi connectivity index (χ1v) is 11.9. The van der Waals surface area contributed by atoms with Crippen LogP contribution in [0.1, 0.15) is 49.5 Å². The zero-order valence-electron chi connectivity index (χ0n) is 20.3. The first-order chi connectivity index (χ1) is 16.7. The summed E-state index contributed by atoms with van der Waals surface area (Å²) >= 11 is 6.36. The largest absolute Gasteiger partial charge is 0.355 e. The van der Waals surface area contributed by atoms with E-state index in [4.69, 9.17) is 11.6 Å². The molecule has 182 valence electrons. The van der Waals surface area contributed by atoms with E-state index in [0.717, 1.165) is 23.4 Å². The van der Waals surface area contributed by atoms with E-state index < -0.39 is 0 Å². The van der Waals surface area contributed by atoms with Crippen molar-refractivity contribution in [2.75, 3.05) is 29.1 Å². The number of hydrogen-bond acceptors (Lipinski definition) is 6. The van der Waals surface area contributed by atoms with Crippen molar-refractivity contribution >= 4 is 52.2 Å². The fourth-order valence-corrected chi connectivity index (χ4v) is 4.40. The monoisotopic (exact) mass is 492 g/mol. The molecule has 2 heterocycles. The zero-order valence-corrected chi connectivity index (χ0v) is 21.0.